The minimum absolute atomic E-state index is 0.349. The third kappa shape index (κ3) is 5.89. The van der Waals surface area contributed by atoms with E-state index in [1.54, 1.807) is 19.4 Å². The van der Waals surface area contributed by atoms with Crippen molar-refractivity contribution in [2.24, 2.45) is 5.92 Å². The molecule has 4 rings (SSSR count). The summed E-state index contributed by atoms with van der Waals surface area (Å²) in [6, 6.07) is 6.54. The van der Waals surface area contributed by atoms with Gasteiger partial charge in [-0.2, -0.15) is 0 Å². The topological polar surface area (TPSA) is 71.1 Å². The average Bonchev–Trinajstić information content (AvgIpc) is 3.60. The fourth-order valence-electron chi connectivity index (χ4n) is 4.00. The van der Waals surface area contributed by atoms with Crippen molar-refractivity contribution in [3.05, 3.63) is 36.4 Å². The van der Waals surface area contributed by atoms with E-state index >= 15 is 0 Å². The lowest BCUT2D eigenvalue weighted by Gasteiger charge is -2.30. The van der Waals surface area contributed by atoms with Crippen LogP contribution < -0.4 is 16.0 Å². The molecule has 0 aromatic carbocycles. The maximum absolute atomic E-state index is 14.5. The Morgan fingerprint density at radius 3 is 2.63 bits per heavy atom. The van der Waals surface area contributed by atoms with Gasteiger partial charge in [0.05, 0.1) is 18.5 Å². The third-order valence-electron chi connectivity index (χ3n) is 6.00. The Kier molecular flexibility index (Phi) is 7.12. The van der Waals surface area contributed by atoms with Crippen molar-refractivity contribution in [2.45, 2.75) is 50.6 Å². The summed E-state index contributed by atoms with van der Waals surface area (Å²) in [5.74, 6) is 1.14. The first kappa shape index (κ1) is 21.0. The summed E-state index contributed by atoms with van der Waals surface area (Å²) in [6.45, 7) is 2.60. The lowest BCUT2D eigenvalue weighted by molar-refractivity contribution is 0.191. The summed E-state index contributed by atoms with van der Waals surface area (Å²) in [7, 11) is 1.73. The first-order valence-electron chi connectivity index (χ1n) is 11.1. The van der Waals surface area contributed by atoms with Crippen LogP contribution in [0.15, 0.2) is 30.6 Å². The number of anilines is 2. The standard InChI is InChI=1S/C23H32FN5O/c1-30-11-10-25-17-4-6-18(7-5-17)29-23-13-20(21(24)15-28-23)22-12-19(8-9-26-22)27-14-16-2-3-16/h8-9,12-13,15-18,25H,2-7,10-11,14H2,1H3,(H,26,27)(H,28,29). The molecule has 0 atom stereocenters. The highest BCUT2D eigenvalue weighted by Gasteiger charge is 2.22. The quantitative estimate of drug-likeness (QED) is 0.510. The number of ether oxygens (including phenoxy) is 1. The molecule has 2 aliphatic carbocycles. The molecule has 0 saturated heterocycles. The molecule has 0 spiro atoms. The van der Waals surface area contributed by atoms with Crippen molar-refractivity contribution in [3.63, 3.8) is 0 Å². The molecule has 0 bridgehead atoms. The first-order chi connectivity index (χ1) is 14.7. The highest BCUT2D eigenvalue weighted by Crippen LogP contribution is 2.30. The van der Waals surface area contributed by atoms with E-state index in [1.807, 2.05) is 12.1 Å². The summed E-state index contributed by atoms with van der Waals surface area (Å²) in [4.78, 5) is 8.66. The van der Waals surface area contributed by atoms with Crippen LogP contribution in [0, 0.1) is 11.7 Å². The number of nitrogens with zero attached hydrogens (tertiary/aromatic N) is 2. The zero-order chi connectivity index (χ0) is 20.8. The largest absolute Gasteiger partial charge is 0.385 e. The minimum Gasteiger partial charge on any atom is -0.385 e. The van der Waals surface area contributed by atoms with Gasteiger partial charge in [0.15, 0.2) is 5.82 Å². The number of hydrogen-bond donors (Lipinski definition) is 3. The second-order valence-electron chi connectivity index (χ2n) is 8.44. The minimum atomic E-state index is -0.349. The normalized spacial score (nSPS) is 21.4. The smallest absolute Gasteiger partial charge is 0.151 e. The predicted octanol–water partition coefficient (Wildman–Crippen LogP) is 4.06. The van der Waals surface area contributed by atoms with E-state index in [0.717, 1.165) is 57.0 Å². The van der Waals surface area contributed by atoms with Crippen LogP contribution in [0.3, 0.4) is 0 Å². The molecule has 2 aliphatic rings. The Morgan fingerprint density at radius 1 is 1.07 bits per heavy atom. The van der Waals surface area contributed by atoms with Crippen molar-refractivity contribution < 1.29 is 9.13 Å². The van der Waals surface area contributed by atoms with Crippen LogP contribution in [0.25, 0.3) is 11.3 Å². The van der Waals surface area contributed by atoms with Gasteiger partial charge in [-0.3, -0.25) is 4.98 Å². The number of aromatic nitrogens is 2. The highest BCUT2D eigenvalue weighted by molar-refractivity contribution is 5.67. The molecule has 162 valence electrons. The van der Waals surface area contributed by atoms with Crippen molar-refractivity contribution in [3.8, 4) is 11.3 Å². The Balaban J connectivity index is 1.36. The summed E-state index contributed by atoms with van der Waals surface area (Å²) in [5.41, 5.74) is 2.10. The molecule has 30 heavy (non-hydrogen) atoms. The zero-order valence-electron chi connectivity index (χ0n) is 17.7. The van der Waals surface area contributed by atoms with Crippen molar-refractivity contribution in [2.75, 3.05) is 37.4 Å². The van der Waals surface area contributed by atoms with Crippen molar-refractivity contribution >= 4 is 11.5 Å². The second kappa shape index (κ2) is 10.2. The zero-order valence-corrected chi connectivity index (χ0v) is 17.7. The van der Waals surface area contributed by atoms with Gasteiger partial charge in [0.2, 0.25) is 0 Å². The van der Waals surface area contributed by atoms with Gasteiger partial charge in [-0.25, -0.2) is 9.37 Å². The monoisotopic (exact) mass is 413 g/mol. The van der Waals surface area contributed by atoms with Crippen LogP contribution in [0.5, 0.6) is 0 Å². The molecule has 0 radical (unpaired) electrons. The van der Waals surface area contributed by atoms with Crippen LogP contribution in [-0.2, 0) is 4.74 Å². The molecule has 2 aromatic rings. The Hall–Kier alpha value is -2.25. The molecular formula is C23H32FN5O. The molecule has 2 heterocycles. The summed E-state index contributed by atoms with van der Waals surface area (Å²) in [5, 5.41) is 10.5. The van der Waals surface area contributed by atoms with Crippen LogP contribution in [0.1, 0.15) is 38.5 Å². The number of hydrogen-bond acceptors (Lipinski definition) is 6. The maximum atomic E-state index is 14.5. The van der Waals surface area contributed by atoms with Crippen LogP contribution in [0.2, 0.25) is 0 Å². The van der Waals surface area contributed by atoms with E-state index in [9.17, 15) is 4.39 Å². The van der Waals surface area contributed by atoms with Gasteiger partial charge in [0.1, 0.15) is 5.82 Å². The lowest BCUT2D eigenvalue weighted by Crippen LogP contribution is -2.38. The van der Waals surface area contributed by atoms with Gasteiger partial charge in [0, 0.05) is 49.7 Å². The molecular weight excluding hydrogens is 381 g/mol. The average molecular weight is 414 g/mol. The van der Waals surface area contributed by atoms with E-state index < -0.39 is 0 Å². The molecule has 0 unspecified atom stereocenters. The van der Waals surface area contributed by atoms with E-state index in [0.29, 0.717) is 29.2 Å². The van der Waals surface area contributed by atoms with E-state index in [-0.39, 0.29) is 5.82 Å². The summed E-state index contributed by atoms with van der Waals surface area (Å²) >= 11 is 0. The van der Waals surface area contributed by atoms with Crippen molar-refractivity contribution in [1.82, 2.24) is 15.3 Å². The maximum Gasteiger partial charge on any atom is 0.151 e. The van der Waals surface area contributed by atoms with Gasteiger partial charge < -0.3 is 20.7 Å². The van der Waals surface area contributed by atoms with Crippen LogP contribution in [0.4, 0.5) is 15.9 Å². The SMILES string of the molecule is COCCNC1CCC(Nc2cc(-c3cc(NCC4CC4)ccn3)c(F)cn2)CC1. The fraction of sp³-hybridized carbons (Fsp3) is 0.565. The van der Waals surface area contributed by atoms with Gasteiger partial charge in [0.25, 0.3) is 0 Å². The Labute approximate surface area is 178 Å². The molecule has 0 amide bonds. The van der Waals surface area contributed by atoms with Crippen molar-refractivity contribution in [1.29, 1.82) is 0 Å². The third-order valence-corrected chi connectivity index (χ3v) is 6.00. The summed E-state index contributed by atoms with van der Waals surface area (Å²) < 4.78 is 19.6. The molecule has 6 nitrogen and oxygen atoms in total. The molecule has 2 aromatic heterocycles. The highest BCUT2D eigenvalue weighted by atomic mass is 19.1. The molecule has 7 heteroatoms. The number of methoxy groups -OCH3 is 1. The number of halogens is 1. The second-order valence-corrected chi connectivity index (χ2v) is 8.44. The molecule has 2 saturated carbocycles. The molecule has 0 aliphatic heterocycles. The first-order valence-corrected chi connectivity index (χ1v) is 11.1. The lowest BCUT2D eigenvalue weighted by atomic mass is 9.91. The van der Waals surface area contributed by atoms with E-state index in [2.05, 4.69) is 25.9 Å². The summed E-state index contributed by atoms with van der Waals surface area (Å²) in [6.07, 6.45) is 9.98. The van der Waals surface area contributed by atoms with Crippen LogP contribution >= 0.6 is 0 Å². The van der Waals surface area contributed by atoms with Gasteiger partial charge in [-0.15, -0.1) is 0 Å². The number of pyridine rings is 2. The van der Waals surface area contributed by atoms with E-state index in [1.165, 1.54) is 19.0 Å². The van der Waals surface area contributed by atoms with E-state index in [4.69, 9.17) is 4.74 Å². The molecule has 3 N–H and O–H groups in total. The molecule has 2 fully saturated rings. The Morgan fingerprint density at radius 2 is 1.87 bits per heavy atom. The van der Waals surface area contributed by atoms with Gasteiger partial charge in [-0.05, 0) is 62.6 Å². The number of nitrogens with one attached hydrogen (secondary N) is 3. The Bertz CT molecular complexity index is 821. The predicted molar refractivity (Wildman–Crippen MR) is 118 cm³/mol. The fourth-order valence-corrected chi connectivity index (χ4v) is 4.00. The van der Waals surface area contributed by atoms with Gasteiger partial charge >= 0.3 is 0 Å². The van der Waals surface area contributed by atoms with Gasteiger partial charge in [-0.1, -0.05) is 0 Å². The number of rotatable bonds is 10. The van der Waals surface area contributed by atoms with Crippen LogP contribution in [-0.4, -0.2) is 48.9 Å².